The molecule has 0 heterocycles. The molecule has 0 aromatic heterocycles. The first-order valence-corrected chi connectivity index (χ1v) is 8.04. The van der Waals surface area contributed by atoms with Crippen molar-refractivity contribution in [1.82, 2.24) is 5.32 Å². The van der Waals surface area contributed by atoms with Crippen molar-refractivity contribution in [2.45, 2.75) is 31.7 Å². The predicted molar refractivity (Wildman–Crippen MR) is 77.7 cm³/mol. The summed E-state index contributed by atoms with van der Waals surface area (Å²) in [5.41, 5.74) is 1.48. The van der Waals surface area contributed by atoms with E-state index in [0.717, 1.165) is 12.0 Å². The van der Waals surface area contributed by atoms with Gasteiger partial charge in [-0.25, -0.2) is 0 Å². The van der Waals surface area contributed by atoms with Gasteiger partial charge in [0.2, 0.25) is 0 Å². The third-order valence-corrected chi connectivity index (χ3v) is 4.01. The van der Waals surface area contributed by atoms with E-state index in [0.29, 0.717) is 0 Å². The molecule has 1 atom stereocenters. The summed E-state index contributed by atoms with van der Waals surface area (Å²) in [5.74, 6) is 2.08. The van der Waals surface area contributed by atoms with E-state index in [2.05, 4.69) is 41.9 Å². The van der Waals surface area contributed by atoms with Gasteiger partial charge in [0, 0.05) is 6.04 Å². The highest BCUT2D eigenvalue weighted by atomic mass is 32.2. The van der Waals surface area contributed by atoms with Crippen molar-refractivity contribution in [1.29, 1.82) is 0 Å². The van der Waals surface area contributed by atoms with Crippen LogP contribution in [-0.4, -0.2) is 24.6 Å². The highest BCUT2D eigenvalue weighted by Gasteiger charge is 2.21. The van der Waals surface area contributed by atoms with Crippen molar-refractivity contribution in [3.05, 3.63) is 35.9 Å². The van der Waals surface area contributed by atoms with Crippen LogP contribution in [0.2, 0.25) is 0 Å². The van der Waals surface area contributed by atoms with Crippen LogP contribution in [0.5, 0.6) is 0 Å². The third-order valence-electron chi connectivity index (χ3n) is 3.37. The van der Waals surface area contributed by atoms with Gasteiger partial charge in [0.15, 0.2) is 0 Å². The van der Waals surface area contributed by atoms with Gasteiger partial charge in [-0.1, -0.05) is 30.3 Å². The largest absolute Gasteiger partial charge is 0.314 e. The number of hydrogen-bond acceptors (Lipinski definition) is 2. The fraction of sp³-hybridized carbons (Fsp3) is 0.600. The van der Waals surface area contributed by atoms with E-state index in [1.807, 2.05) is 11.8 Å². The zero-order valence-corrected chi connectivity index (χ0v) is 11.5. The van der Waals surface area contributed by atoms with Gasteiger partial charge in [-0.3, -0.25) is 0 Å². The lowest BCUT2D eigenvalue weighted by Gasteiger charge is -2.17. The summed E-state index contributed by atoms with van der Waals surface area (Å²) < 4.78 is 0. The fourth-order valence-corrected chi connectivity index (χ4v) is 2.70. The number of thioether (sulfide) groups is 1. The number of hydrogen-bond donors (Lipinski definition) is 1. The van der Waals surface area contributed by atoms with Gasteiger partial charge in [0.25, 0.3) is 0 Å². The zero-order chi connectivity index (χ0) is 11.9. The second kappa shape index (κ2) is 7.07. The Morgan fingerprint density at radius 2 is 2.06 bits per heavy atom. The quantitative estimate of drug-likeness (QED) is 0.758. The molecular formula is C15H23NS. The molecule has 2 heteroatoms. The monoisotopic (exact) mass is 249 g/mol. The third kappa shape index (κ3) is 5.13. The molecule has 1 nitrogen and oxygen atoms in total. The first-order chi connectivity index (χ1) is 8.38. The Morgan fingerprint density at radius 3 is 2.71 bits per heavy atom. The molecule has 1 N–H and O–H groups in total. The molecule has 0 saturated heterocycles. The molecule has 1 aromatic carbocycles. The van der Waals surface area contributed by atoms with Crippen LogP contribution in [0, 0.1) is 5.92 Å². The molecule has 0 spiro atoms. The SMILES string of the molecule is CSCCC(CNC1CC1)Cc1ccccc1. The summed E-state index contributed by atoms with van der Waals surface area (Å²) >= 11 is 1.96. The number of rotatable bonds is 8. The van der Waals surface area contributed by atoms with Gasteiger partial charge in [0.1, 0.15) is 0 Å². The lowest BCUT2D eigenvalue weighted by Crippen LogP contribution is -2.26. The Morgan fingerprint density at radius 1 is 1.29 bits per heavy atom. The van der Waals surface area contributed by atoms with E-state index >= 15 is 0 Å². The van der Waals surface area contributed by atoms with Gasteiger partial charge in [-0.2, -0.15) is 11.8 Å². The van der Waals surface area contributed by atoms with Crippen LogP contribution in [-0.2, 0) is 6.42 Å². The van der Waals surface area contributed by atoms with Crippen LogP contribution in [0.3, 0.4) is 0 Å². The van der Waals surface area contributed by atoms with Crippen molar-refractivity contribution in [3.8, 4) is 0 Å². The highest BCUT2D eigenvalue weighted by molar-refractivity contribution is 7.98. The van der Waals surface area contributed by atoms with Gasteiger partial charge in [-0.05, 0) is 55.7 Å². The molecule has 1 aliphatic carbocycles. The standard InChI is InChI=1S/C15H23NS/c1-17-10-9-14(12-16-15-7-8-15)11-13-5-3-2-4-6-13/h2-6,14-16H,7-12H2,1H3. The van der Waals surface area contributed by atoms with E-state index in [1.165, 1.54) is 43.5 Å². The van der Waals surface area contributed by atoms with Gasteiger partial charge < -0.3 is 5.32 Å². The van der Waals surface area contributed by atoms with Gasteiger partial charge in [0.05, 0.1) is 0 Å². The van der Waals surface area contributed by atoms with Crippen LogP contribution >= 0.6 is 11.8 Å². The van der Waals surface area contributed by atoms with Crippen LogP contribution < -0.4 is 5.32 Å². The maximum absolute atomic E-state index is 3.68. The molecule has 0 radical (unpaired) electrons. The Labute approximate surface area is 109 Å². The Hall–Kier alpha value is -0.470. The summed E-state index contributed by atoms with van der Waals surface area (Å²) in [4.78, 5) is 0. The molecule has 1 fully saturated rings. The molecule has 1 aromatic rings. The Kier molecular flexibility index (Phi) is 5.40. The average molecular weight is 249 g/mol. The van der Waals surface area contributed by atoms with E-state index < -0.39 is 0 Å². The van der Waals surface area contributed by atoms with E-state index in [4.69, 9.17) is 0 Å². The maximum Gasteiger partial charge on any atom is 0.00683 e. The molecule has 1 saturated carbocycles. The van der Waals surface area contributed by atoms with Crippen LogP contribution in [0.4, 0.5) is 0 Å². The molecule has 1 unspecified atom stereocenters. The lowest BCUT2D eigenvalue weighted by molar-refractivity contribution is 0.461. The predicted octanol–water partition coefficient (Wildman–Crippen LogP) is 3.35. The molecule has 2 rings (SSSR count). The minimum absolute atomic E-state index is 0.797. The van der Waals surface area contributed by atoms with Crippen molar-refractivity contribution in [3.63, 3.8) is 0 Å². The van der Waals surface area contributed by atoms with Crippen LogP contribution in [0.1, 0.15) is 24.8 Å². The second-order valence-electron chi connectivity index (χ2n) is 5.02. The maximum atomic E-state index is 3.68. The Balaban J connectivity index is 1.80. The fourth-order valence-electron chi connectivity index (χ4n) is 2.13. The molecular weight excluding hydrogens is 226 g/mol. The van der Waals surface area contributed by atoms with Crippen LogP contribution in [0.15, 0.2) is 30.3 Å². The number of benzene rings is 1. The molecule has 0 aliphatic heterocycles. The van der Waals surface area contributed by atoms with E-state index in [9.17, 15) is 0 Å². The van der Waals surface area contributed by atoms with Crippen molar-refractivity contribution in [2.24, 2.45) is 5.92 Å². The second-order valence-corrected chi connectivity index (χ2v) is 6.01. The highest BCUT2D eigenvalue weighted by Crippen LogP contribution is 2.20. The summed E-state index contributed by atoms with van der Waals surface area (Å²) in [5, 5.41) is 3.68. The summed E-state index contributed by atoms with van der Waals surface area (Å²) in [7, 11) is 0. The molecule has 0 bridgehead atoms. The van der Waals surface area contributed by atoms with Gasteiger partial charge in [-0.15, -0.1) is 0 Å². The number of nitrogens with one attached hydrogen (secondary N) is 1. The first kappa shape index (κ1) is 13.0. The van der Waals surface area contributed by atoms with Crippen molar-refractivity contribution >= 4 is 11.8 Å². The lowest BCUT2D eigenvalue weighted by atomic mass is 9.97. The minimum Gasteiger partial charge on any atom is -0.314 e. The van der Waals surface area contributed by atoms with E-state index in [1.54, 1.807) is 0 Å². The first-order valence-electron chi connectivity index (χ1n) is 6.64. The molecule has 1 aliphatic rings. The van der Waals surface area contributed by atoms with Gasteiger partial charge >= 0.3 is 0 Å². The summed E-state index contributed by atoms with van der Waals surface area (Å²) in [6.07, 6.45) is 7.53. The van der Waals surface area contributed by atoms with Crippen molar-refractivity contribution < 1.29 is 0 Å². The zero-order valence-electron chi connectivity index (χ0n) is 10.7. The average Bonchev–Trinajstić information content (AvgIpc) is 3.18. The van der Waals surface area contributed by atoms with E-state index in [-0.39, 0.29) is 0 Å². The molecule has 17 heavy (non-hydrogen) atoms. The minimum atomic E-state index is 0.797. The smallest absolute Gasteiger partial charge is 0.00683 e. The summed E-state index contributed by atoms with van der Waals surface area (Å²) in [6, 6.07) is 11.7. The molecule has 0 amide bonds. The topological polar surface area (TPSA) is 12.0 Å². The summed E-state index contributed by atoms with van der Waals surface area (Å²) in [6.45, 7) is 1.19. The van der Waals surface area contributed by atoms with Crippen LogP contribution in [0.25, 0.3) is 0 Å². The molecule has 94 valence electrons. The van der Waals surface area contributed by atoms with Crippen molar-refractivity contribution in [2.75, 3.05) is 18.6 Å². The Bertz CT molecular complexity index is 308. The normalized spacial score (nSPS) is 17.0.